The summed E-state index contributed by atoms with van der Waals surface area (Å²) in [6, 6.07) is 10.7. The van der Waals surface area contributed by atoms with Gasteiger partial charge in [-0.1, -0.05) is 38.1 Å². The van der Waals surface area contributed by atoms with Gasteiger partial charge < -0.3 is 64.3 Å². The number of hydrogen-bond acceptors (Lipinski definition) is 13. The number of carbonyl (C=O) groups excluding carboxylic acids is 4. The molecule has 1 fully saturated rings. The molecule has 2 aromatic heterocycles. The normalized spacial score (nSPS) is 14.6. The number of methoxy groups -OCH3 is 4. The zero-order valence-electron chi connectivity index (χ0n) is 36.1. The first-order chi connectivity index (χ1) is 30.0. The average Bonchev–Trinajstić information content (AvgIpc) is 4.08. The zero-order valence-corrected chi connectivity index (χ0v) is 36.1. The van der Waals surface area contributed by atoms with E-state index < -0.39 is 30.2 Å². The Balaban J connectivity index is 1.35. The summed E-state index contributed by atoms with van der Waals surface area (Å²) in [4.78, 5) is 66.7. The number of benzene rings is 2. The van der Waals surface area contributed by atoms with Gasteiger partial charge in [0.1, 0.15) is 30.9 Å². The molecule has 0 radical (unpaired) electrons. The number of aliphatic hydroxyl groups excluding tert-OH is 1. The van der Waals surface area contributed by atoms with Gasteiger partial charge in [0.15, 0.2) is 11.5 Å². The number of aliphatic hydroxyl groups is 1. The Hall–Kier alpha value is -6.18. The van der Waals surface area contributed by atoms with Crippen LogP contribution in [0.2, 0.25) is 0 Å². The molecular formula is C43H58N8O11. The van der Waals surface area contributed by atoms with Crippen LogP contribution in [-0.4, -0.2) is 141 Å². The van der Waals surface area contributed by atoms with E-state index in [0.29, 0.717) is 73.4 Å². The monoisotopic (exact) mass is 862 g/mol. The van der Waals surface area contributed by atoms with Crippen LogP contribution in [-0.2, 0) is 35.0 Å². The summed E-state index contributed by atoms with van der Waals surface area (Å²) in [5.74, 6) is 1.47. The number of nitrogens with zero attached hydrogens (tertiary/aromatic N) is 3. The number of H-pyrrole nitrogens is 2. The van der Waals surface area contributed by atoms with Crippen molar-refractivity contribution >= 4 is 24.0 Å². The van der Waals surface area contributed by atoms with E-state index in [0.717, 1.165) is 28.8 Å². The number of imidazole rings is 2. The Labute approximate surface area is 360 Å². The Kier molecular flexibility index (Phi) is 17.5. The van der Waals surface area contributed by atoms with Gasteiger partial charge in [0.05, 0.1) is 69.9 Å². The Morgan fingerprint density at radius 3 is 2.11 bits per heavy atom. The highest BCUT2D eigenvalue weighted by molar-refractivity contribution is 5.87. The molecule has 1 saturated heterocycles. The third-order valence-corrected chi connectivity index (χ3v) is 10.3. The number of aromatic nitrogens is 4. The van der Waals surface area contributed by atoms with E-state index in [1.807, 2.05) is 50.2 Å². The molecule has 336 valence electrons. The fourth-order valence-corrected chi connectivity index (χ4v) is 6.97. The van der Waals surface area contributed by atoms with E-state index in [1.165, 1.54) is 14.2 Å². The van der Waals surface area contributed by atoms with Crippen molar-refractivity contribution < 1.29 is 52.7 Å². The SMILES string of the molecule is COCCOc1c(-c2ccc(-c3cnc(CCC(O)CNC(=O)CNC(=O)OC)[nH]3)cc2)ccc(-c2cnc(C3CCCN3C(=O)C(NC(=O)OC)C(C)C)[nH]2)c1OCCOC. The summed E-state index contributed by atoms with van der Waals surface area (Å²) in [7, 11) is 5.68. The van der Waals surface area contributed by atoms with Gasteiger partial charge in [0, 0.05) is 44.9 Å². The number of likely N-dealkylation sites (tertiary alicyclic amines) is 1. The minimum absolute atomic E-state index is 0.0240. The molecule has 3 heterocycles. The molecule has 6 N–H and O–H groups in total. The molecule has 5 rings (SSSR count). The summed E-state index contributed by atoms with van der Waals surface area (Å²) >= 11 is 0. The standard InChI is InChI=1S/C43H58N8O11/c1-26(2)37(50-43(56)60-6)41(54)51-17-7-8-34(51)40-46-24-33(49-40)31-15-14-30(38(61-20-18-57-3)39(31)62-21-19-58-4)27-9-11-28(12-10-27)32-23-44-35(48-32)16-13-29(52)22-45-36(53)25-47-42(55)59-5/h9-12,14-15,23-24,26,29,34,37,52H,7-8,13,16-22,25H2,1-6H3,(H,44,48)(H,45,53)(H,46,49)(H,47,55)(H,50,56). The van der Waals surface area contributed by atoms with Gasteiger partial charge in [-0.2, -0.15) is 0 Å². The first-order valence-corrected chi connectivity index (χ1v) is 20.5. The topological polar surface area (TPSA) is 241 Å². The van der Waals surface area contributed by atoms with Crippen LogP contribution in [0, 0.1) is 5.92 Å². The number of carbonyl (C=O) groups is 4. The van der Waals surface area contributed by atoms with Crippen LogP contribution in [0.1, 0.15) is 50.8 Å². The molecule has 4 aromatic rings. The summed E-state index contributed by atoms with van der Waals surface area (Å²) in [6.07, 6.45) is 3.53. The van der Waals surface area contributed by atoms with E-state index in [-0.39, 0.29) is 44.2 Å². The summed E-state index contributed by atoms with van der Waals surface area (Å²) in [5.41, 5.74) is 4.68. The average molecular weight is 863 g/mol. The highest BCUT2D eigenvalue weighted by Crippen LogP contribution is 2.45. The Bertz CT molecular complexity index is 2090. The number of amides is 4. The number of nitrogens with one attached hydrogen (secondary N) is 5. The Morgan fingerprint density at radius 2 is 1.45 bits per heavy atom. The van der Waals surface area contributed by atoms with E-state index in [2.05, 4.69) is 35.6 Å². The maximum Gasteiger partial charge on any atom is 0.407 e. The predicted molar refractivity (Wildman–Crippen MR) is 227 cm³/mol. The molecule has 62 heavy (non-hydrogen) atoms. The molecule has 1 aliphatic rings. The van der Waals surface area contributed by atoms with Gasteiger partial charge in [0.25, 0.3) is 0 Å². The molecule has 19 heteroatoms. The van der Waals surface area contributed by atoms with Crippen molar-refractivity contribution in [1.82, 2.24) is 40.8 Å². The largest absolute Gasteiger partial charge is 0.487 e. The maximum absolute atomic E-state index is 13.8. The lowest BCUT2D eigenvalue weighted by molar-refractivity contribution is -0.135. The molecule has 2 aromatic carbocycles. The highest BCUT2D eigenvalue weighted by atomic mass is 16.6. The predicted octanol–water partition coefficient (Wildman–Crippen LogP) is 3.99. The fourth-order valence-electron chi connectivity index (χ4n) is 6.97. The second-order valence-electron chi connectivity index (χ2n) is 14.9. The van der Waals surface area contributed by atoms with Crippen LogP contribution in [0.3, 0.4) is 0 Å². The zero-order chi connectivity index (χ0) is 44.6. The van der Waals surface area contributed by atoms with Gasteiger partial charge >= 0.3 is 12.2 Å². The minimum atomic E-state index is -0.815. The number of rotatable bonds is 22. The van der Waals surface area contributed by atoms with Gasteiger partial charge in [-0.25, -0.2) is 19.6 Å². The summed E-state index contributed by atoms with van der Waals surface area (Å²) in [6.45, 7) is 5.21. The molecular weight excluding hydrogens is 805 g/mol. The van der Waals surface area contributed by atoms with Gasteiger partial charge in [0.2, 0.25) is 11.8 Å². The number of aromatic amines is 2. The molecule has 19 nitrogen and oxygen atoms in total. The lowest BCUT2D eigenvalue weighted by atomic mass is 9.98. The van der Waals surface area contributed by atoms with Crippen molar-refractivity contribution in [2.45, 2.75) is 57.7 Å². The van der Waals surface area contributed by atoms with Crippen LogP contribution >= 0.6 is 0 Å². The number of hydrogen-bond donors (Lipinski definition) is 6. The molecule has 3 unspecified atom stereocenters. The van der Waals surface area contributed by atoms with Crippen LogP contribution in [0.25, 0.3) is 33.6 Å². The van der Waals surface area contributed by atoms with Crippen LogP contribution in [0.15, 0.2) is 48.8 Å². The Morgan fingerprint density at radius 1 is 0.806 bits per heavy atom. The van der Waals surface area contributed by atoms with E-state index >= 15 is 0 Å². The third kappa shape index (κ3) is 12.5. The van der Waals surface area contributed by atoms with Crippen molar-refractivity contribution in [3.05, 3.63) is 60.4 Å². The van der Waals surface area contributed by atoms with Gasteiger partial charge in [-0.15, -0.1) is 0 Å². The minimum Gasteiger partial charge on any atom is -0.487 e. The van der Waals surface area contributed by atoms with Crippen molar-refractivity contribution in [2.24, 2.45) is 5.92 Å². The number of ether oxygens (including phenoxy) is 6. The molecule has 0 bridgehead atoms. The van der Waals surface area contributed by atoms with Crippen molar-refractivity contribution in [3.63, 3.8) is 0 Å². The molecule has 1 aliphatic heterocycles. The van der Waals surface area contributed by atoms with E-state index in [4.69, 9.17) is 28.7 Å². The van der Waals surface area contributed by atoms with Crippen LogP contribution < -0.4 is 25.4 Å². The molecule has 0 saturated carbocycles. The molecule has 0 aliphatic carbocycles. The van der Waals surface area contributed by atoms with Crippen molar-refractivity contribution in [1.29, 1.82) is 0 Å². The van der Waals surface area contributed by atoms with E-state index in [9.17, 15) is 24.3 Å². The van der Waals surface area contributed by atoms with Crippen LogP contribution in [0.4, 0.5) is 9.59 Å². The summed E-state index contributed by atoms with van der Waals surface area (Å²) < 4.78 is 32.7. The first kappa shape index (κ1) is 46.9. The fraction of sp³-hybridized carbons (Fsp3) is 0.488. The van der Waals surface area contributed by atoms with Gasteiger partial charge in [-0.05, 0) is 48.4 Å². The van der Waals surface area contributed by atoms with E-state index in [1.54, 1.807) is 31.5 Å². The lowest BCUT2D eigenvalue weighted by Crippen LogP contribution is -2.51. The quantitative estimate of drug-likeness (QED) is 0.0614. The van der Waals surface area contributed by atoms with Crippen molar-refractivity contribution in [3.8, 4) is 45.1 Å². The number of alkyl carbamates (subject to hydrolysis) is 2. The second-order valence-corrected chi connectivity index (χ2v) is 14.9. The summed E-state index contributed by atoms with van der Waals surface area (Å²) in [5, 5.41) is 18.0. The molecule has 3 atom stereocenters. The molecule has 4 amide bonds. The van der Waals surface area contributed by atoms with Crippen molar-refractivity contribution in [2.75, 3.05) is 74.5 Å². The highest BCUT2D eigenvalue weighted by Gasteiger charge is 2.37. The third-order valence-electron chi connectivity index (χ3n) is 10.3. The lowest BCUT2D eigenvalue weighted by Gasteiger charge is -2.30. The molecule has 0 spiro atoms. The second kappa shape index (κ2) is 23.2. The smallest absolute Gasteiger partial charge is 0.407 e. The maximum atomic E-state index is 13.8. The van der Waals surface area contributed by atoms with Crippen LogP contribution in [0.5, 0.6) is 11.5 Å². The first-order valence-electron chi connectivity index (χ1n) is 20.5. The van der Waals surface area contributed by atoms with Gasteiger partial charge in [-0.3, -0.25) is 9.59 Å². The number of aryl methyl sites for hydroxylation is 1.